The lowest BCUT2D eigenvalue weighted by Gasteiger charge is -2.32. The Kier molecular flexibility index (Phi) is 9.18. The molecule has 1 aliphatic heterocycles. The van der Waals surface area contributed by atoms with Crippen molar-refractivity contribution in [2.75, 3.05) is 13.1 Å². The van der Waals surface area contributed by atoms with Crippen molar-refractivity contribution in [3.63, 3.8) is 0 Å². The Morgan fingerprint density at radius 1 is 1.33 bits per heavy atom. The zero-order valence-electron chi connectivity index (χ0n) is 17.0. The Morgan fingerprint density at radius 2 is 2.00 bits per heavy atom. The summed E-state index contributed by atoms with van der Waals surface area (Å²) in [6.07, 6.45) is 3.83. The minimum absolute atomic E-state index is 0.0818. The normalized spacial score (nSPS) is 19.5. The van der Waals surface area contributed by atoms with Gasteiger partial charge in [-0.1, -0.05) is 47.0 Å². The van der Waals surface area contributed by atoms with Gasteiger partial charge in [-0.3, -0.25) is 19.6 Å². The summed E-state index contributed by atoms with van der Waals surface area (Å²) in [5.74, 6) is -1.14. The van der Waals surface area contributed by atoms with Crippen molar-refractivity contribution in [2.24, 2.45) is 11.3 Å². The van der Waals surface area contributed by atoms with E-state index in [1.54, 1.807) is 0 Å². The highest BCUT2D eigenvalue weighted by Crippen LogP contribution is 2.24. The van der Waals surface area contributed by atoms with Gasteiger partial charge in [-0.05, 0) is 19.3 Å². The summed E-state index contributed by atoms with van der Waals surface area (Å²) in [5, 5.41) is 22.8. The fourth-order valence-electron chi connectivity index (χ4n) is 3.19. The molecular weight excluding hydrogens is 350 g/mol. The van der Waals surface area contributed by atoms with E-state index in [9.17, 15) is 24.7 Å². The Hall–Kier alpha value is -1.67. The summed E-state index contributed by atoms with van der Waals surface area (Å²) >= 11 is 0. The molecule has 1 aliphatic rings. The number of nitrogens with zero attached hydrogens (tertiary/aromatic N) is 2. The highest BCUT2D eigenvalue weighted by atomic mass is 16.5. The molecule has 0 aromatic carbocycles. The number of hydroxylamine groups is 2. The molecule has 1 saturated heterocycles. The van der Waals surface area contributed by atoms with Crippen molar-refractivity contribution in [3.8, 4) is 0 Å². The number of aliphatic hydroxyl groups excluding tert-OH is 1. The molecule has 0 aliphatic carbocycles. The zero-order chi connectivity index (χ0) is 20.6. The van der Waals surface area contributed by atoms with Crippen LogP contribution in [0.1, 0.15) is 66.2 Å². The molecular formula is C19H35N3O5. The van der Waals surface area contributed by atoms with Gasteiger partial charge in [0.25, 0.3) is 0 Å². The van der Waals surface area contributed by atoms with Crippen molar-refractivity contribution in [3.05, 3.63) is 0 Å². The van der Waals surface area contributed by atoms with Crippen molar-refractivity contribution >= 4 is 18.2 Å². The maximum atomic E-state index is 13.0. The summed E-state index contributed by atoms with van der Waals surface area (Å²) in [6, 6.07) is -0.633. The molecule has 3 N–H and O–H groups in total. The van der Waals surface area contributed by atoms with Crippen molar-refractivity contribution in [2.45, 2.75) is 78.5 Å². The summed E-state index contributed by atoms with van der Waals surface area (Å²) in [6.45, 7) is 7.88. The number of carbonyl (C=O) groups excluding carboxylic acids is 3. The molecule has 8 heteroatoms. The molecule has 0 radical (unpaired) electrons. The fraction of sp³-hybridized carbons (Fsp3) is 0.842. The molecule has 0 spiro atoms. The van der Waals surface area contributed by atoms with E-state index in [0.717, 1.165) is 19.3 Å². The van der Waals surface area contributed by atoms with Gasteiger partial charge < -0.3 is 15.3 Å². The second-order valence-electron chi connectivity index (χ2n) is 8.39. The van der Waals surface area contributed by atoms with Crippen LogP contribution in [0.2, 0.25) is 0 Å². The second-order valence-corrected chi connectivity index (χ2v) is 8.39. The molecule has 1 unspecified atom stereocenters. The van der Waals surface area contributed by atoms with Crippen LogP contribution in [0.3, 0.4) is 0 Å². The lowest BCUT2D eigenvalue weighted by molar-refractivity contribution is -0.158. The Balaban J connectivity index is 2.82. The van der Waals surface area contributed by atoms with Gasteiger partial charge in [0, 0.05) is 12.0 Å². The third-order valence-electron chi connectivity index (χ3n) is 4.97. The number of aliphatic hydroxyl groups is 1. The van der Waals surface area contributed by atoms with Crippen LogP contribution in [-0.2, 0) is 14.4 Å². The molecule has 3 amide bonds. The van der Waals surface area contributed by atoms with E-state index in [2.05, 4.69) is 12.2 Å². The lowest BCUT2D eigenvalue weighted by Crippen LogP contribution is -2.53. The number of hydrogen-bond donors (Lipinski definition) is 3. The first-order valence-electron chi connectivity index (χ1n) is 9.81. The van der Waals surface area contributed by atoms with Gasteiger partial charge in [0.15, 0.2) is 0 Å². The van der Waals surface area contributed by atoms with E-state index in [1.165, 1.54) is 4.90 Å². The van der Waals surface area contributed by atoms with E-state index < -0.39 is 23.6 Å². The summed E-state index contributed by atoms with van der Waals surface area (Å²) < 4.78 is 0. The molecule has 27 heavy (non-hydrogen) atoms. The topological polar surface area (TPSA) is 110 Å². The molecule has 3 atom stereocenters. The Labute approximate surface area is 161 Å². The van der Waals surface area contributed by atoms with Crippen molar-refractivity contribution < 1.29 is 24.7 Å². The van der Waals surface area contributed by atoms with Crippen LogP contribution >= 0.6 is 0 Å². The van der Waals surface area contributed by atoms with Crippen LogP contribution in [0.25, 0.3) is 0 Å². The Morgan fingerprint density at radius 3 is 2.56 bits per heavy atom. The standard InChI is InChI=1S/C19H35N3O5/c1-5-6-7-9-14(12-21(27)13-23)17(25)22-11-8-10-15(22)16(24)20-18(26)19(2,3)4/h13-15,18,26-27H,5-12H2,1-4H3,(H,20,24)/t14-,15+,18?/m1/s1. The fourth-order valence-corrected chi connectivity index (χ4v) is 3.19. The van der Waals surface area contributed by atoms with Gasteiger partial charge in [0.2, 0.25) is 18.2 Å². The monoisotopic (exact) mass is 385 g/mol. The molecule has 1 fully saturated rings. The molecule has 8 nitrogen and oxygen atoms in total. The zero-order valence-corrected chi connectivity index (χ0v) is 17.0. The summed E-state index contributed by atoms with van der Waals surface area (Å²) in [5.41, 5.74) is -0.507. The third-order valence-corrected chi connectivity index (χ3v) is 4.97. The van der Waals surface area contributed by atoms with Crippen LogP contribution < -0.4 is 5.32 Å². The lowest BCUT2D eigenvalue weighted by atomic mass is 9.94. The van der Waals surface area contributed by atoms with Crippen LogP contribution in [0.5, 0.6) is 0 Å². The highest BCUT2D eigenvalue weighted by Gasteiger charge is 2.38. The van der Waals surface area contributed by atoms with E-state index in [1.807, 2.05) is 20.8 Å². The minimum Gasteiger partial charge on any atom is -0.373 e. The van der Waals surface area contributed by atoms with E-state index in [4.69, 9.17) is 0 Å². The molecule has 0 aromatic rings. The number of carbonyl (C=O) groups is 3. The first-order valence-corrected chi connectivity index (χ1v) is 9.81. The third kappa shape index (κ3) is 7.10. The summed E-state index contributed by atoms with van der Waals surface area (Å²) in [7, 11) is 0. The molecule has 0 saturated carbocycles. The number of nitrogens with one attached hydrogen (secondary N) is 1. The van der Waals surface area contributed by atoms with Gasteiger partial charge in [-0.2, -0.15) is 0 Å². The average Bonchev–Trinajstić information content (AvgIpc) is 3.09. The van der Waals surface area contributed by atoms with Crippen LogP contribution in [-0.4, -0.2) is 63.9 Å². The second kappa shape index (κ2) is 10.6. The quantitative estimate of drug-likeness (QED) is 0.174. The van der Waals surface area contributed by atoms with Gasteiger partial charge in [0.05, 0.1) is 12.5 Å². The van der Waals surface area contributed by atoms with Crippen molar-refractivity contribution in [1.29, 1.82) is 0 Å². The SMILES string of the molecule is CCCCC[C@H](CN(O)C=O)C(=O)N1CCC[C@H]1C(=O)NC(O)C(C)(C)C. The van der Waals surface area contributed by atoms with Crippen LogP contribution in [0.15, 0.2) is 0 Å². The number of rotatable bonds is 10. The molecule has 1 heterocycles. The van der Waals surface area contributed by atoms with E-state index in [-0.39, 0.29) is 24.8 Å². The molecule has 1 rings (SSSR count). The first-order chi connectivity index (χ1) is 12.6. The minimum atomic E-state index is -1.01. The van der Waals surface area contributed by atoms with Gasteiger partial charge in [-0.25, -0.2) is 5.06 Å². The van der Waals surface area contributed by atoms with Gasteiger partial charge in [0.1, 0.15) is 12.3 Å². The number of hydrogen-bond acceptors (Lipinski definition) is 5. The molecule has 0 bridgehead atoms. The smallest absolute Gasteiger partial charge is 0.244 e. The predicted octanol–water partition coefficient (Wildman–Crippen LogP) is 1.50. The first kappa shape index (κ1) is 23.4. The van der Waals surface area contributed by atoms with E-state index in [0.29, 0.717) is 30.9 Å². The van der Waals surface area contributed by atoms with Crippen LogP contribution in [0, 0.1) is 11.3 Å². The summed E-state index contributed by atoms with van der Waals surface area (Å²) in [4.78, 5) is 37.9. The predicted molar refractivity (Wildman–Crippen MR) is 101 cm³/mol. The van der Waals surface area contributed by atoms with Gasteiger partial charge in [-0.15, -0.1) is 0 Å². The number of likely N-dealkylation sites (tertiary alicyclic amines) is 1. The number of amides is 3. The Bertz CT molecular complexity index is 506. The highest BCUT2D eigenvalue weighted by molar-refractivity contribution is 5.89. The van der Waals surface area contributed by atoms with Crippen LogP contribution in [0.4, 0.5) is 0 Å². The van der Waals surface area contributed by atoms with Crippen molar-refractivity contribution in [1.82, 2.24) is 15.3 Å². The molecule has 0 aromatic heterocycles. The van der Waals surface area contributed by atoms with Gasteiger partial charge >= 0.3 is 0 Å². The maximum absolute atomic E-state index is 13.0. The maximum Gasteiger partial charge on any atom is 0.244 e. The molecule has 156 valence electrons. The largest absolute Gasteiger partial charge is 0.373 e. The van der Waals surface area contributed by atoms with E-state index >= 15 is 0 Å². The number of unbranched alkanes of at least 4 members (excludes halogenated alkanes) is 2. The average molecular weight is 386 g/mol.